The normalized spacial score (nSPS) is 13.9. The molecule has 2 rings (SSSR count). The smallest absolute Gasteiger partial charge is 0.123 e. The Labute approximate surface area is 121 Å². The van der Waals surface area contributed by atoms with Gasteiger partial charge in [0.1, 0.15) is 5.82 Å². The number of pyridine rings is 1. The molecule has 20 heavy (non-hydrogen) atoms. The first-order chi connectivity index (χ1) is 9.65. The summed E-state index contributed by atoms with van der Waals surface area (Å²) >= 11 is 0. The van der Waals surface area contributed by atoms with Crippen molar-refractivity contribution in [3.05, 3.63) is 59.8 Å². The van der Waals surface area contributed by atoms with Gasteiger partial charge in [0.05, 0.1) is 0 Å². The zero-order chi connectivity index (χ0) is 14.4. The molecule has 0 aliphatic rings. The van der Waals surface area contributed by atoms with Gasteiger partial charge in [-0.1, -0.05) is 36.4 Å². The molecular formula is C17H23N3. The van der Waals surface area contributed by atoms with E-state index in [1.165, 1.54) is 11.1 Å². The summed E-state index contributed by atoms with van der Waals surface area (Å²) in [7, 11) is 0. The van der Waals surface area contributed by atoms with Crippen molar-refractivity contribution in [2.24, 2.45) is 0 Å². The average Bonchev–Trinajstić information content (AvgIpc) is 2.47. The van der Waals surface area contributed by atoms with Crippen molar-refractivity contribution in [2.45, 2.75) is 38.8 Å². The highest BCUT2D eigenvalue weighted by molar-refractivity contribution is 5.29. The topological polar surface area (TPSA) is 50.9 Å². The number of nitrogens with one attached hydrogen (secondary N) is 1. The number of anilines is 1. The molecule has 0 saturated carbocycles. The number of nitrogen functional groups attached to an aromatic ring is 1. The third-order valence-electron chi connectivity index (χ3n) is 3.55. The van der Waals surface area contributed by atoms with Gasteiger partial charge in [0, 0.05) is 18.3 Å². The number of aryl methyl sites for hydroxylation is 1. The molecule has 1 unspecified atom stereocenters. The Bertz CT molecular complexity index is 508. The fourth-order valence-corrected chi connectivity index (χ4v) is 2.32. The first kappa shape index (κ1) is 14.5. The van der Waals surface area contributed by atoms with Gasteiger partial charge < -0.3 is 11.1 Å². The number of benzene rings is 1. The maximum absolute atomic E-state index is 5.59. The van der Waals surface area contributed by atoms with Crippen molar-refractivity contribution < 1.29 is 0 Å². The quantitative estimate of drug-likeness (QED) is 0.845. The predicted octanol–water partition coefficient (Wildman–Crippen LogP) is 3.34. The molecule has 0 amide bonds. The first-order valence-corrected chi connectivity index (χ1v) is 7.16. The van der Waals surface area contributed by atoms with Crippen molar-refractivity contribution >= 4 is 5.82 Å². The number of nitrogens with two attached hydrogens (primary N) is 1. The summed E-state index contributed by atoms with van der Waals surface area (Å²) in [5.74, 6) is 0.581. The molecule has 0 aliphatic carbocycles. The largest absolute Gasteiger partial charge is 0.384 e. The zero-order valence-electron chi connectivity index (χ0n) is 12.2. The van der Waals surface area contributed by atoms with Crippen molar-refractivity contribution in [1.29, 1.82) is 0 Å². The van der Waals surface area contributed by atoms with Crippen molar-refractivity contribution in [3.8, 4) is 0 Å². The fourth-order valence-electron chi connectivity index (χ4n) is 2.32. The van der Waals surface area contributed by atoms with E-state index in [1.54, 1.807) is 0 Å². The fraction of sp³-hybridized carbons (Fsp3) is 0.353. The van der Waals surface area contributed by atoms with Crippen LogP contribution in [0.4, 0.5) is 5.82 Å². The number of aromatic nitrogens is 1. The van der Waals surface area contributed by atoms with Gasteiger partial charge in [0.25, 0.3) is 0 Å². The van der Waals surface area contributed by atoms with E-state index in [1.807, 2.05) is 18.3 Å². The first-order valence-electron chi connectivity index (χ1n) is 7.16. The Balaban J connectivity index is 1.80. The van der Waals surface area contributed by atoms with E-state index < -0.39 is 0 Å². The van der Waals surface area contributed by atoms with Crippen LogP contribution in [-0.2, 0) is 6.42 Å². The summed E-state index contributed by atoms with van der Waals surface area (Å²) in [5.41, 5.74) is 8.15. The van der Waals surface area contributed by atoms with Crippen LogP contribution in [-0.4, -0.2) is 11.0 Å². The average molecular weight is 269 g/mol. The van der Waals surface area contributed by atoms with E-state index in [4.69, 9.17) is 5.73 Å². The molecule has 0 spiro atoms. The third kappa shape index (κ3) is 4.35. The molecular weight excluding hydrogens is 246 g/mol. The van der Waals surface area contributed by atoms with Gasteiger partial charge in [-0.2, -0.15) is 0 Å². The maximum Gasteiger partial charge on any atom is 0.123 e. The number of rotatable bonds is 6. The molecule has 0 saturated heterocycles. The summed E-state index contributed by atoms with van der Waals surface area (Å²) in [6, 6.07) is 15.3. The van der Waals surface area contributed by atoms with Crippen LogP contribution in [0.5, 0.6) is 0 Å². The van der Waals surface area contributed by atoms with Gasteiger partial charge in [-0.05, 0) is 43.9 Å². The van der Waals surface area contributed by atoms with Gasteiger partial charge >= 0.3 is 0 Å². The maximum atomic E-state index is 5.59. The lowest BCUT2D eigenvalue weighted by molar-refractivity contribution is 0.456. The Morgan fingerprint density at radius 3 is 2.50 bits per heavy atom. The minimum Gasteiger partial charge on any atom is -0.384 e. The second-order valence-corrected chi connectivity index (χ2v) is 5.33. The molecule has 0 fully saturated rings. The SMILES string of the molecule is CC(CCc1ccc(N)nc1)N[C@@H](C)c1ccccc1. The zero-order valence-corrected chi connectivity index (χ0v) is 12.2. The molecule has 0 bridgehead atoms. The number of nitrogens with zero attached hydrogens (tertiary/aromatic N) is 1. The van der Waals surface area contributed by atoms with Gasteiger partial charge in [-0.25, -0.2) is 4.98 Å². The molecule has 3 N–H and O–H groups in total. The second kappa shape index (κ2) is 7.06. The summed E-state index contributed by atoms with van der Waals surface area (Å²) in [4.78, 5) is 4.12. The molecule has 0 aliphatic heterocycles. The summed E-state index contributed by atoms with van der Waals surface area (Å²) < 4.78 is 0. The van der Waals surface area contributed by atoms with E-state index >= 15 is 0 Å². The van der Waals surface area contributed by atoms with Gasteiger partial charge in [-0.15, -0.1) is 0 Å². The van der Waals surface area contributed by atoms with Crippen molar-refractivity contribution in [1.82, 2.24) is 10.3 Å². The highest BCUT2D eigenvalue weighted by atomic mass is 14.9. The Hall–Kier alpha value is -1.87. The standard InChI is InChI=1S/C17H23N3/c1-13(8-9-15-10-11-17(18)19-12-15)20-14(2)16-6-4-3-5-7-16/h3-7,10-14,20H,8-9H2,1-2H3,(H2,18,19)/t13?,14-/m0/s1. The van der Waals surface area contributed by atoms with E-state index in [-0.39, 0.29) is 0 Å². The summed E-state index contributed by atoms with van der Waals surface area (Å²) in [6.45, 7) is 4.43. The molecule has 3 heteroatoms. The van der Waals surface area contributed by atoms with Crippen molar-refractivity contribution in [2.75, 3.05) is 5.73 Å². The van der Waals surface area contributed by atoms with E-state index in [0.717, 1.165) is 12.8 Å². The molecule has 2 atom stereocenters. The lowest BCUT2D eigenvalue weighted by Crippen LogP contribution is -2.29. The Morgan fingerprint density at radius 2 is 1.85 bits per heavy atom. The Morgan fingerprint density at radius 1 is 1.10 bits per heavy atom. The lowest BCUT2D eigenvalue weighted by atomic mass is 10.0. The number of hydrogen-bond donors (Lipinski definition) is 2. The van der Waals surface area contributed by atoms with Gasteiger partial charge in [0.15, 0.2) is 0 Å². The van der Waals surface area contributed by atoms with Crippen LogP contribution in [0, 0.1) is 0 Å². The minimum absolute atomic E-state index is 0.371. The van der Waals surface area contributed by atoms with Crippen LogP contribution >= 0.6 is 0 Å². The molecule has 3 nitrogen and oxygen atoms in total. The van der Waals surface area contributed by atoms with Crippen LogP contribution < -0.4 is 11.1 Å². The summed E-state index contributed by atoms with van der Waals surface area (Å²) in [5, 5.41) is 3.63. The van der Waals surface area contributed by atoms with E-state index in [9.17, 15) is 0 Å². The van der Waals surface area contributed by atoms with E-state index in [2.05, 4.69) is 54.5 Å². The molecule has 0 radical (unpaired) electrons. The van der Waals surface area contributed by atoms with Crippen molar-refractivity contribution in [3.63, 3.8) is 0 Å². The molecule has 2 aromatic rings. The van der Waals surface area contributed by atoms with Gasteiger partial charge in [-0.3, -0.25) is 0 Å². The minimum atomic E-state index is 0.371. The van der Waals surface area contributed by atoms with E-state index in [0.29, 0.717) is 17.9 Å². The Kier molecular flexibility index (Phi) is 5.13. The summed E-state index contributed by atoms with van der Waals surface area (Å²) in [6.07, 6.45) is 3.97. The number of hydrogen-bond acceptors (Lipinski definition) is 3. The predicted molar refractivity (Wildman–Crippen MR) is 84.4 cm³/mol. The monoisotopic (exact) mass is 269 g/mol. The van der Waals surface area contributed by atoms with Gasteiger partial charge in [0.2, 0.25) is 0 Å². The van der Waals surface area contributed by atoms with Crippen LogP contribution in [0.15, 0.2) is 48.7 Å². The molecule has 1 aromatic heterocycles. The van der Waals surface area contributed by atoms with Crippen LogP contribution in [0.1, 0.15) is 37.4 Å². The highest BCUT2D eigenvalue weighted by Gasteiger charge is 2.09. The van der Waals surface area contributed by atoms with Crippen LogP contribution in [0.3, 0.4) is 0 Å². The lowest BCUT2D eigenvalue weighted by Gasteiger charge is -2.20. The third-order valence-corrected chi connectivity index (χ3v) is 3.55. The second-order valence-electron chi connectivity index (χ2n) is 5.33. The van der Waals surface area contributed by atoms with Crippen LogP contribution in [0.2, 0.25) is 0 Å². The molecule has 1 heterocycles. The van der Waals surface area contributed by atoms with Crippen LogP contribution in [0.25, 0.3) is 0 Å². The molecule has 1 aromatic carbocycles. The molecule has 106 valence electrons. The highest BCUT2D eigenvalue weighted by Crippen LogP contribution is 2.14.